The van der Waals surface area contributed by atoms with Gasteiger partial charge in [-0.3, -0.25) is 9.67 Å². The standard InChI is InChI=1S/C20H18N8O/c1-13(14-4-5-17-15(9-14)3-2-6-21-17)28-20-19(25-26-28)22-11-18(24-20)16-10-23-27(12-16)7-8-29/h2-6,9-13,29H,7-8H2,1H3. The minimum Gasteiger partial charge on any atom is -0.394 e. The first-order chi connectivity index (χ1) is 14.2. The zero-order valence-electron chi connectivity index (χ0n) is 15.7. The van der Waals surface area contributed by atoms with Crippen LogP contribution in [0.5, 0.6) is 0 Å². The molecule has 9 nitrogen and oxygen atoms in total. The van der Waals surface area contributed by atoms with Crippen molar-refractivity contribution in [3.8, 4) is 11.3 Å². The number of benzene rings is 1. The topological polar surface area (TPSA) is 107 Å². The van der Waals surface area contributed by atoms with Crippen LogP contribution in [-0.4, -0.2) is 51.4 Å². The van der Waals surface area contributed by atoms with Crippen LogP contribution in [0.2, 0.25) is 0 Å². The van der Waals surface area contributed by atoms with Crippen molar-refractivity contribution in [2.75, 3.05) is 6.61 Å². The molecule has 0 bridgehead atoms. The van der Waals surface area contributed by atoms with E-state index in [4.69, 9.17) is 10.1 Å². The van der Waals surface area contributed by atoms with Crippen LogP contribution < -0.4 is 0 Å². The van der Waals surface area contributed by atoms with Gasteiger partial charge < -0.3 is 5.11 Å². The van der Waals surface area contributed by atoms with Gasteiger partial charge in [-0.25, -0.2) is 14.6 Å². The summed E-state index contributed by atoms with van der Waals surface area (Å²) in [5.41, 5.74) is 4.64. The van der Waals surface area contributed by atoms with Crippen molar-refractivity contribution in [2.45, 2.75) is 19.5 Å². The number of hydrogen-bond donors (Lipinski definition) is 1. The van der Waals surface area contributed by atoms with Gasteiger partial charge in [0.05, 0.1) is 42.8 Å². The molecule has 0 fully saturated rings. The molecule has 5 aromatic rings. The van der Waals surface area contributed by atoms with Crippen molar-refractivity contribution in [2.24, 2.45) is 0 Å². The summed E-state index contributed by atoms with van der Waals surface area (Å²) in [6, 6.07) is 10.1. The monoisotopic (exact) mass is 386 g/mol. The van der Waals surface area contributed by atoms with Crippen LogP contribution in [0.15, 0.2) is 55.1 Å². The van der Waals surface area contributed by atoms with Gasteiger partial charge in [0.1, 0.15) is 0 Å². The number of fused-ring (bicyclic) bond motifs is 2. The Balaban J connectivity index is 1.55. The molecule has 1 N–H and O–H groups in total. The van der Waals surface area contributed by atoms with E-state index in [1.165, 1.54) is 0 Å². The zero-order chi connectivity index (χ0) is 19.8. The Bertz CT molecular complexity index is 1310. The summed E-state index contributed by atoms with van der Waals surface area (Å²) in [4.78, 5) is 13.5. The molecule has 0 spiro atoms. The molecule has 4 aromatic heterocycles. The molecule has 0 saturated heterocycles. The summed E-state index contributed by atoms with van der Waals surface area (Å²) in [5.74, 6) is 0. The van der Waals surface area contributed by atoms with Gasteiger partial charge in [0.2, 0.25) is 5.65 Å². The highest BCUT2D eigenvalue weighted by molar-refractivity contribution is 5.79. The highest BCUT2D eigenvalue weighted by Gasteiger charge is 2.17. The van der Waals surface area contributed by atoms with Crippen LogP contribution in [0.1, 0.15) is 18.5 Å². The smallest absolute Gasteiger partial charge is 0.221 e. The molecule has 144 valence electrons. The molecule has 1 unspecified atom stereocenters. The van der Waals surface area contributed by atoms with Crippen molar-refractivity contribution >= 4 is 22.2 Å². The molecular formula is C20H18N8O. The number of aromatic nitrogens is 8. The third kappa shape index (κ3) is 3.11. The van der Waals surface area contributed by atoms with E-state index in [-0.39, 0.29) is 12.6 Å². The van der Waals surface area contributed by atoms with Gasteiger partial charge in [0.25, 0.3) is 0 Å². The minimum atomic E-state index is -0.0775. The number of aliphatic hydroxyl groups excluding tert-OH is 1. The maximum atomic E-state index is 9.07. The lowest BCUT2D eigenvalue weighted by Crippen LogP contribution is -2.09. The fraction of sp³-hybridized carbons (Fsp3) is 0.200. The summed E-state index contributed by atoms with van der Waals surface area (Å²) in [6.45, 7) is 2.52. The van der Waals surface area contributed by atoms with Gasteiger partial charge in [-0.15, -0.1) is 5.10 Å². The molecular weight excluding hydrogens is 368 g/mol. The van der Waals surface area contributed by atoms with Gasteiger partial charge in [0, 0.05) is 23.3 Å². The molecule has 0 saturated carbocycles. The van der Waals surface area contributed by atoms with E-state index < -0.39 is 0 Å². The largest absolute Gasteiger partial charge is 0.394 e. The molecule has 5 rings (SSSR count). The van der Waals surface area contributed by atoms with Gasteiger partial charge >= 0.3 is 0 Å². The van der Waals surface area contributed by atoms with Crippen LogP contribution in [0.25, 0.3) is 33.5 Å². The fourth-order valence-corrected chi connectivity index (χ4v) is 3.35. The van der Waals surface area contributed by atoms with E-state index in [0.717, 1.165) is 22.0 Å². The van der Waals surface area contributed by atoms with Gasteiger partial charge in [-0.2, -0.15) is 5.10 Å². The molecule has 0 radical (unpaired) electrons. The molecule has 0 aliphatic carbocycles. The summed E-state index contributed by atoms with van der Waals surface area (Å²) >= 11 is 0. The lowest BCUT2D eigenvalue weighted by atomic mass is 10.1. The molecule has 0 amide bonds. The molecule has 4 heterocycles. The van der Waals surface area contributed by atoms with Gasteiger partial charge in [-0.1, -0.05) is 17.3 Å². The van der Waals surface area contributed by atoms with Crippen molar-refractivity contribution in [3.05, 3.63) is 60.7 Å². The Morgan fingerprint density at radius 3 is 2.97 bits per heavy atom. The summed E-state index contributed by atoms with van der Waals surface area (Å²) in [7, 11) is 0. The molecule has 29 heavy (non-hydrogen) atoms. The van der Waals surface area contributed by atoms with Gasteiger partial charge in [-0.05, 0) is 30.7 Å². The Morgan fingerprint density at radius 1 is 1.14 bits per heavy atom. The van der Waals surface area contributed by atoms with Crippen molar-refractivity contribution in [1.29, 1.82) is 0 Å². The second-order valence-corrected chi connectivity index (χ2v) is 6.78. The van der Waals surface area contributed by atoms with Crippen LogP contribution in [-0.2, 0) is 6.54 Å². The summed E-state index contributed by atoms with van der Waals surface area (Å²) in [5, 5.41) is 22.8. The number of hydrogen-bond acceptors (Lipinski definition) is 7. The SMILES string of the molecule is CC(c1ccc2ncccc2c1)n1nnc2ncc(-c3cnn(CCO)c3)nc21. The fourth-order valence-electron chi connectivity index (χ4n) is 3.35. The average molecular weight is 386 g/mol. The van der Waals surface area contributed by atoms with E-state index in [9.17, 15) is 0 Å². The molecule has 1 atom stereocenters. The van der Waals surface area contributed by atoms with Crippen molar-refractivity contribution in [1.82, 2.24) is 39.7 Å². The second kappa shape index (κ2) is 7.02. The molecule has 1 aromatic carbocycles. The van der Waals surface area contributed by atoms with E-state index in [1.54, 1.807) is 28.0 Å². The summed E-state index contributed by atoms with van der Waals surface area (Å²) < 4.78 is 3.45. The Morgan fingerprint density at radius 2 is 2.07 bits per heavy atom. The third-order valence-corrected chi connectivity index (χ3v) is 4.92. The van der Waals surface area contributed by atoms with Crippen LogP contribution in [0.4, 0.5) is 0 Å². The minimum absolute atomic E-state index is 0.0291. The Kier molecular flexibility index (Phi) is 4.21. The van der Waals surface area contributed by atoms with Crippen LogP contribution in [0.3, 0.4) is 0 Å². The van der Waals surface area contributed by atoms with Crippen LogP contribution >= 0.6 is 0 Å². The maximum Gasteiger partial charge on any atom is 0.221 e. The van der Waals surface area contributed by atoms with E-state index in [1.807, 2.05) is 30.5 Å². The quantitative estimate of drug-likeness (QED) is 0.493. The first-order valence-electron chi connectivity index (χ1n) is 9.29. The lowest BCUT2D eigenvalue weighted by molar-refractivity contribution is 0.269. The zero-order valence-corrected chi connectivity index (χ0v) is 15.7. The summed E-state index contributed by atoms with van der Waals surface area (Å²) in [6.07, 6.45) is 6.99. The number of nitrogens with zero attached hydrogens (tertiary/aromatic N) is 8. The van der Waals surface area contributed by atoms with E-state index in [0.29, 0.717) is 23.5 Å². The highest BCUT2D eigenvalue weighted by Crippen LogP contribution is 2.25. The molecule has 0 aliphatic heterocycles. The average Bonchev–Trinajstić information content (AvgIpc) is 3.40. The highest BCUT2D eigenvalue weighted by atomic mass is 16.3. The molecule has 0 aliphatic rings. The second-order valence-electron chi connectivity index (χ2n) is 6.78. The molecule has 9 heteroatoms. The Hall–Kier alpha value is -3.72. The van der Waals surface area contributed by atoms with Gasteiger partial charge in [0.15, 0.2) is 5.65 Å². The van der Waals surface area contributed by atoms with Crippen molar-refractivity contribution < 1.29 is 5.11 Å². The first kappa shape index (κ1) is 17.4. The lowest BCUT2D eigenvalue weighted by Gasteiger charge is -2.13. The van der Waals surface area contributed by atoms with E-state index in [2.05, 4.69) is 38.4 Å². The van der Waals surface area contributed by atoms with Crippen molar-refractivity contribution in [3.63, 3.8) is 0 Å². The first-order valence-corrected chi connectivity index (χ1v) is 9.29. The maximum absolute atomic E-state index is 9.07. The van der Waals surface area contributed by atoms with E-state index >= 15 is 0 Å². The number of pyridine rings is 1. The Labute approximate surface area is 165 Å². The predicted molar refractivity (Wildman–Crippen MR) is 107 cm³/mol. The van der Waals surface area contributed by atoms with Crippen LogP contribution in [0, 0.1) is 0 Å². The number of rotatable bonds is 5. The normalized spacial score (nSPS) is 12.6. The number of aliphatic hydroxyl groups is 1. The predicted octanol–water partition coefficient (Wildman–Crippen LogP) is 2.23. The third-order valence-electron chi connectivity index (χ3n) is 4.92.